The summed E-state index contributed by atoms with van der Waals surface area (Å²) in [6.07, 6.45) is 8.66. The first-order chi connectivity index (χ1) is 15.5. The first kappa shape index (κ1) is 21.2. The highest BCUT2D eigenvalue weighted by Gasteiger charge is 2.18. The van der Waals surface area contributed by atoms with Gasteiger partial charge in [-0.1, -0.05) is 19.9 Å². The summed E-state index contributed by atoms with van der Waals surface area (Å²) in [5, 5.41) is 20.1. The number of nitrogens with one attached hydrogen (secondary N) is 2. The van der Waals surface area contributed by atoms with Crippen LogP contribution in [0.15, 0.2) is 66.2 Å². The molecule has 1 unspecified atom stereocenters. The lowest BCUT2D eigenvalue weighted by atomic mass is 9.92. The van der Waals surface area contributed by atoms with Gasteiger partial charge in [0.25, 0.3) is 0 Å². The van der Waals surface area contributed by atoms with Crippen LogP contribution >= 0.6 is 0 Å². The van der Waals surface area contributed by atoms with Gasteiger partial charge in [0.1, 0.15) is 5.82 Å². The first-order valence-electron chi connectivity index (χ1n) is 10.3. The summed E-state index contributed by atoms with van der Waals surface area (Å²) in [4.78, 5) is 17.6. The second-order valence-corrected chi connectivity index (χ2v) is 7.70. The second kappa shape index (κ2) is 9.38. The van der Waals surface area contributed by atoms with Gasteiger partial charge in [0.2, 0.25) is 0 Å². The summed E-state index contributed by atoms with van der Waals surface area (Å²) in [6.45, 7) is 4.22. The zero-order valence-corrected chi connectivity index (χ0v) is 18.2. The first-order valence-corrected chi connectivity index (χ1v) is 10.3. The van der Waals surface area contributed by atoms with Crippen LogP contribution in [-0.2, 0) is 0 Å². The number of anilines is 2. The molecule has 0 fully saturated rings. The topological polar surface area (TPSA) is 113 Å². The fraction of sp³-hybridized carbons (Fsp3) is 0.208. The molecule has 0 saturated carbocycles. The number of fused-ring (bicyclic) bond motifs is 1. The van der Waals surface area contributed by atoms with Crippen molar-refractivity contribution >= 4 is 34.6 Å². The molecular weight excluding hydrogens is 400 g/mol. The Morgan fingerprint density at radius 1 is 1.03 bits per heavy atom. The van der Waals surface area contributed by atoms with Crippen molar-refractivity contribution in [3.63, 3.8) is 0 Å². The van der Waals surface area contributed by atoms with Crippen molar-refractivity contribution in [3.8, 4) is 0 Å². The minimum absolute atomic E-state index is 0.354. The van der Waals surface area contributed by atoms with Crippen molar-refractivity contribution in [2.75, 3.05) is 12.4 Å². The number of hydrogen-bond donors (Lipinski definition) is 2. The minimum atomic E-state index is -0.354. The highest BCUT2D eigenvalue weighted by Crippen LogP contribution is 2.24. The summed E-state index contributed by atoms with van der Waals surface area (Å²) >= 11 is 0. The molecule has 0 aliphatic carbocycles. The van der Waals surface area contributed by atoms with E-state index < -0.39 is 0 Å². The molecule has 160 valence electrons. The Morgan fingerprint density at radius 2 is 1.91 bits per heavy atom. The van der Waals surface area contributed by atoms with Crippen LogP contribution in [0, 0.1) is 5.41 Å². The predicted octanol–water partition coefficient (Wildman–Crippen LogP) is 4.53. The molecule has 0 spiro atoms. The zero-order valence-electron chi connectivity index (χ0n) is 18.2. The van der Waals surface area contributed by atoms with Gasteiger partial charge in [0.05, 0.1) is 28.9 Å². The molecule has 4 aromatic rings. The number of aliphatic imine (C=N–C) groups is 1. The number of nitrogens with zero attached hydrogens (tertiary/aromatic N) is 6. The molecule has 1 atom stereocenters. The van der Waals surface area contributed by atoms with Gasteiger partial charge >= 0.3 is 0 Å². The van der Waals surface area contributed by atoms with Crippen molar-refractivity contribution in [3.05, 3.63) is 77.9 Å². The molecule has 4 heterocycles. The summed E-state index contributed by atoms with van der Waals surface area (Å²) in [5.41, 5.74) is 4.56. The number of hydrogen-bond acceptors (Lipinski definition) is 8. The Balaban J connectivity index is 1.66. The largest absolute Gasteiger partial charge is 0.323 e. The highest BCUT2D eigenvalue weighted by molar-refractivity contribution is 6.11. The van der Waals surface area contributed by atoms with Crippen LogP contribution in [0.1, 0.15) is 42.4 Å². The summed E-state index contributed by atoms with van der Waals surface area (Å²) in [7, 11) is 1.70. The molecule has 0 radical (unpaired) electrons. The van der Waals surface area contributed by atoms with E-state index in [0.717, 1.165) is 22.2 Å². The maximum atomic E-state index is 8.67. The van der Waals surface area contributed by atoms with Crippen LogP contribution in [0.4, 0.5) is 11.6 Å². The van der Waals surface area contributed by atoms with E-state index in [9.17, 15) is 0 Å². The van der Waals surface area contributed by atoms with Crippen molar-refractivity contribution < 1.29 is 0 Å². The minimum Gasteiger partial charge on any atom is -0.323 e. The summed E-state index contributed by atoms with van der Waals surface area (Å²) < 4.78 is 0. The van der Waals surface area contributed by atoms with E-state index in [0.29, 0.717) is 28.8 Å². The fourth-order valence-corrected chi connectivity index (χ4v) is 3.33. The standard InChI is InChI=1S/C24H24N8/c1-15(2)17-10-23(32-29-13-17)31-22-7-6-20-21(30-22)9-18(12-28-20)19(14-26-3)24(25)16-5-4-8-27-11-16/h4-15,19,25H,1-3H3,(H,30,31,32). The third-order valence-electron chi connectivity index (χ3n) is 5.10. The Morgan fingerprint density at radius 3 is 2.66 bits per heavy atom. The Labute approximate surface area is 186 Å². The Hall–Kier alpha value is -4.07. The van der Waals surface area contributed by atoms with Gasteiger partial charge < -0.3 is 10.7 Å². The van der Waals surface area contributed by atoms with Crippen LogP contribution in [-0.4, -0.2) is 44.1 Å². The van der Waals surface area contributed by atoms with E-state index in [1.165, 1.54) is 0 Å². The number of pyridine rings is 3. The lowest BCUT2D eigenvalue weighted by Crippen LogP contribution is -2.15. The predicted molar refractivity (Wildman–Crippen MR) is 127 cm³/mol. The van der Waals surface area contributed by atoms with Gasteiger partial charge in [-0.25, -0.2) is 4.98 Å². The van der Waals surface area contributed by atoms with Gasteiger partial charge in [-0.3, -0.25) is 15.0 Å². The molecule has 0 amide bonds. The van der Waals surface area contributed by atoms with Crippen LogP contribution < -0.4 is 5.32 Å². The summed E-state index contributed by atoms with van der Waals surface area (Å²) in [6, 6.07) is 11.4. The normalized spacial score (nSPS) is 12.4. The van der Waals surface area contributed by atoms with Crippen molar-refractivity contribution in [2.45, 2.75) is 25.7 Å². The van der Waals surface area contributed by atoms with E-state index in [1.54, 1.807) is 38.0 Å². The van der Waals surface area contributed by atoms with E-state index >= 15 is 0 Å². The maximum Gasteiger partial charge on any atom is 0.154 e. The summed E-state index contributed by atoms with van der Waals surface area (Å²) in [5.74, 6) is 1.29. The van der Waals surface area contributed by atoms with E-state index in [2.05, 4.69) is 44.3 Å². The van der Waals surface area contributed by atoms with Crippen LogP contribution in [0.25, 0.3) is 11.0 Å². The third-order valence-corrected chi connectivity index (χ3v) is 5.10. The van der Waals surface area contributed by atoms with Gasteiger partial charge in [-0.05, 0) is 47.4 Å². The molecule has 0 aliphatic rings. The monoisotopic (exact) mass is 424 g/mol. The Bertz CT molecular complexity index is 1270. The van der Waals surface area contributed by atoms with Gasteiger partial charge in [0, 0.05) is 37.4 Å². The van der Waals surface area contributed by atoms with Crippen LogP contribution in [0.3, 0.4) is 0 Å². The lowest BCUT2D eigenvalue weighted by Gasteiger charge is -2.15. The second-order valence-electron chi connectivity index (χ2n) is 7.70. The molecule has 2 N–H and O–H groups in total. The molecule has 4 aromatic heterocycles. The molecule has 0 aliphatic heterocycles. The fourth-order valence-electron chi connectivity index (χ4n) is 3.33. The molecule has 0 aromatic carbocycles. The maximum absolute atomic E-state index is 8.67. The van der Waals surface area contributed by atoms with Gasteiger partial charge in [0.15, 0.2) is 5.82 Å². The van der Waals surface area contributed by atoms with Crippen LogP contribution in [0.5, 0.6) is 0 Å². The highest BCUT2D eigenvalue weighted by atomic mass is 15.2. The van der Waals surface area contributed by atoms with E-state index in [1.807, 2.05) is 36.4 Å². The van der Waals surface area contributed by atoms with Crippen molar-refractivity contribution in [2.24, 2.45) is 4.99 Å². The van der Waals surface area contributed by atoms with Gasteiger partial charge in [-0.2, -0.15) is 5.10 Å². The van der Waals surface area contributed by atoms with E-state index in [4.69, 9.17) is 10.4 Å². The lowest BCUT2D eigenvalue weighted by molar-refractivity contribution is 0.843. The molecule has 8 nitrogen and oxygen atoms in total. The van der Waals surface area contributed by atoms with E-state index in [-0.39, 0.29) is 5.92 Å². The average molecular weight is 425 g/mol. The molecule has 4 rings (SSSR count). The quantitative estimate of drug-likeness (QED) is 0.421. The third kappa shape index (κ3) is 4.64. The zero-order chi connectivity index (χ0) is 22.5. The smallest absolute Gasteiger partial charge is 0.154 e. The van der Waals surface area contributed by atoms with Crippen molar-refractivity contribution in [1.82, 2.24) is 25.1 Å². The molecule has 0 saturated heterocycles. The molecule has 8 heteroatoms. The number of rotatable bonds is 7. The number of aromatic nitrogens is 5. The molecule has 32 heavy (non-hydrogen) atoms. The van der Waals surface area contributed by atoms with Crippen molar-refractivity contribution in [1.29, 1.82) is 5.41 Å². The average Bonchev–Trinajstić information content (AvgIpc) is 2.82. The molecule has 0 bridgehead atoms. The van der Waals surface area contributed by atoms with Crippen LogP contribution in [0.2, 0.25) is 0 Å². The molecular formula is C24H24N8. The Kier molecular flexibility index (Phi) is 6.21. The SMILES string of the molecule is CN=CC(C(=N)c1cccnc1)c1cnc2ccc(Nc3cc(C(C)C)cnn3)nc2c1. The van der Waals surface area contributed by atoms with Gasteiger partial charge in [-0.15, -0.1) is 5.10 Å².